The fourth-order valence-electron chi connectivity index (χ4n) is 5.69. The third kappa shape index (κ3) is 4.28. The van der Waals surface area contributed by atoms with Gasteiger partial charge in [-0.05, 0) is 68.1 Å². The molecule has 4 bridgehead atoms. The summed E-state index contributed by atoms with van der Waals surface area (Å²) in [6.07, 6.45) is 10.5. The van der Waals surface area contributed by atoms with Gasteiger partial charge in [0, 0.05) is 6.54 Å². The molecule has 1 N–H and O–H groups in total. The molecule has 0 aliphatic heterocycles. The second kappa shape index (κ2) is 6.73. The van der Waals surface area contributed by atoms with Crippen LogP contribution in [0.3, 0.4) is 0 Å². The highest BCUT2D eigenvalue weighted by molar-refractivity contribution is 7.92. The fourth-order valence-corrected chi connectivity index (χ4v) is 6.98. The van der Waals surface area contributed by atoms with Crippen LogP contribution >= 0.6 is 0 Å². The van der Waals surface area contributed by atoms with Crippen LogP contribution in [0.25, 0.3) is 0 Å². The summed E-state index contributed by atoms with van der Waals surface area (Å²) in [7, 11) is -3.24. The van der Waals surface area contributed by atoms with Crippen LogP contribution in [0.5, 0.6) is 0 Å². The number of sulfone groups is 1. The van der Waals surface area contributed by atoms with Crippen LogP contribution in [0.15, 0.2) is 0 Å². The Bertz CT molecular complexity index is 505. The molecule has 132 valence electrons. The highest BCUT2D eigenvalue weighted by Gasteiger charge is 2.50. The van der Waals surface area contributed by atoms with Crippen molar-refractivity contribution in [3.63, 3.8) is 0 Å². The van der Waals surface area contributed by atoms with E-state index in [1.165, 1.54) is 38.5 Å². The molecule has 0 spiro atoms. The maximum Gasteiger partial charge on any atom is 0.235 e. The zero-order valence-corrected chi connectivity index (χ0v) is 15.2. The van der Waals surface area contributed by atoms with Crippen LogP contribution in [-0.4, -0.2) is 32.4 Å². The number of carbonyl (C=O) groups excluding carboxylic acids is 1. The number of carbonyl (C=O) groups is 1. The van der Waals surface area contributed by atoms with Crippen LogP contribution in [0, 0.1) is 23.2 Å². The lowest BCUT2D eigenvalue weighted by atomic mass is 9.49. The predicted octanol–water partition coefficient (Wildman–Crippen LogP) is 2.92. The summed E-state index contributed by atoms with van der Waals surface area (Å²) in [6, 6.07) is 0. The van der Waals surface area contributed by atoms with E-state index in [4.69, 9.17) is 0 Å². The van der Waals surface area contributed by atoms with E-state index in [0.717, 1.165) is 30.6 Å². The lowest BCUT2D eigenvalue weighted by Crippen LogP contribution is -2.51. The topological polar surface area (TPSA) is 63.2 Å². The van der Waals surface area contributed by atoms with Gasteiger partial charge in [-0.2, -0.15) is 0 Å². The molecule has 0 aromatic carbocycles. The van der Waals surface area contributed by atoms with Crippen LogP contribution in [0.4, 0.5) is 0 Å². The van der Waals surface area contributed by atoms with Gasteiger partial charge in [0.1, 0.15) is 5.75 Å². The largest absolute Gasteiger partial charge is 0.355 e. The van der Waals surface area contributed by atoms with Crippen LogP contribution < -0.4 is 5.32 Å². The molecule has 0 heterocycles. The van der Waals surface area contributed by atoms with Crippen molar-refractivity contribution in [1.29, 1.82) is 0 Å². The standard InChI is InChI=1S/C18H31NO3S/c1-2-3-4-5-23(21,22)12-17(20)19-13-18-9-14-6-15(10-18)8-16(7-14)11-18/h14-16H,2-13H2,1H3,(H,19,20). The summed E-state index contributed by atoms with van der Waals surface area (Å²) in [6.45, 7) is 2.74. The summed E-state index contributed by atoms with van der Waals surface area (Å²) in [5.41, 5.74) is 0.274. The molecule has 0 aromatic heterocycles. The first-order valence-corrected chi connectivity index (χ1v) is 11.2. The van der Waals surface area contributed by atoms with Crippen molar-refractivity contribution in [2.45, 2.75) is 64.7 Å². The molecule has 4 aliphatic carbocycles. The van der Waals surface area contributed by atoms with Gasteiger partial charge in [-0.3, -0.25) is 4.79 Å². The van der Waals surface area contributed by atoms with Gasteiger partial charge in [-0.1, -0.05) is 19.8 Å². The first-order chi connectivity index (χ1) is 10.9. The number of unbranched alkanes of at least 4 members (excludes halogenated alkanes) is 2. The monoisotopic (exact) mass is 341 g/mol. The van der Waals surface area contributed by atoms with Gasteiger partial charge in [0.15, 0.2) is 9.84 Å². The van der Waals surface area contributed by atoms with Crippen molar-refractivity contribution in [2.75, 3.05) is 18.1 Å². The second-order valence-corrected chi connectivity index (χ2v) is 10.7. The van der Waals surface area contributed by atoms with Gasteiger partial charge in [0.25, 0.3) is 0 Å². The molecule has 4 rings (SSSR count). The molecule has 23 heavy (non-hydrogen) atoms. The maximum atomic E-state index is 12.1. The summed E-state index contributed by atoms with van der Waals surface area (Å²) in [5.74, 6) is 2.09. The molecule has 0 radical (unpaired) electrons. The summed E-state index contributed by atoms with van der Waals surface area (Å²) in [4.78, 5) is 12.1. The third-order valence-corrected chi connectivity index (χ3v) is 7.85. The maximum absolute atomic E-state index is 12.1. The zero-order valence-electron chi connectivity index (χ0n) is 14.4. The Balaban J connectivity index is 1.48. The van der Waals surface area contributed by atoms with Crippen molar-refractivity contribution in [3.05, 3.63) is 0 Å². The van der Waals surface area contributed by atoms with E-state index in [1.807, 2.05) is 6.92 Å². The van der Waals surface area contributed by atoms with E-state index in [2.05, 4.69) is 5.32 Å². The molecule has 4 nitrogen and oxygen atoms in total. The Kier molecular flexibility index (Phi) is 5.05. The predicted molar refractivity (Wildman–Crippen MR) is 91.8 cm³/mol. The SMILES string of the molecule is CCCCCS(=O)(=O)CC(=O)NCC12CC3CC(CC(C3)C1)C2. The van der Waals surface area contributed by atoms with Gasteiger partial charge < -0.3 is 5.32 Å². The average Bonchev–Trinajstić information content (AvgIpc) is 2.43. The normalized spacial score (nSPS) is 35.4. The molecule has 0 saturated heterocycles. The van der Waals surface area contributed by atoms with Crippen LogP contribution in [-0.2, 0) is 14.6 Å². The third-order valence-electron chi connectivity index (χ3n) is 6.24. The van der Waals surface area contributed by atoms with Crippen LogP contribution in [0.2, 0.25) is 0 Å². The van der Waals surface area contributed by atoms with E-state index < -0.39 is 9.84 Å². The minimum Gasteiger partial charge on any atom is -0.355 e. The number of amides is 1. The Morgan fingerprint density at radius 3 is 2.13 bits per heavy atom. The molecule has 5 heteroatoms. The molecular formula is C18H31NO3S. The molecule has 1 amide bonds. The first kappa shape index (κ1) is 17.2. The lowest BCUT2D eigenvalue weighted by Gasteiger charge is -2.56. The Labute approximate surface area is 140 Å². The minimum absolute atomic E-state index is 0.144. The van der Waals surface area contributed by atoms with Gasteiger partial charge >= 0.3 is 0 Å². The molecule has 0 atom stereocenters. The highest BCUT2D eigenvalue weighted by Crippen LogP contribution is 2.59. The van der Waals surface area contributed by atoms with Crippen molar-refractivity contribution in [1.82, 2.24) is 5.32 Å². The molecule has 4 aliphatic rings. The van der Waals surface area contributed by atoms with Crippen molar-refractivity contribution < 1.29 is 13.2 Å². The average molecular weight is 342 g/mol. The first-order valence-electron chi connectivity index (χ1n) is 9.37. The highest BCUT2D eigenvalue weighted by atomic mass is 32.2. The molecule has 0 aromatic rings. The van der Waals surface area contributed by atoms with Crippen molar-refractivity contribution >= 4 is 15.7 Å². The fraction of sp³-hybridized carbons (Fsp3) is 0.944. The summed E-state index contributed by atoms with van der Waals surface area (Å²) in [5, 5.41) is 2.97. The lowest BCUT2D eigenvalue weighted by molar-refractivity contribution is -0.120. The summed E-state index contributed by atoms with van der Waals surface area (Å²) < 4.78 is 24.0. The van der Waals surface area contributed by atoms with Gasteiger partial charge in [0.05, 0.1) is 5.75 Å². The van der Waals surface area contributed by atoms with Crippen molar-refractivity contribution in [3.8, 4) is 0 Å². The second-order valence-electron chi connectivity index (χ2n) is 8.49. The van der Waals surface area contributed by atoms with Gasteiger partial charge in [0.2, 0.25) is 5.91 Å². The Morgan fingerprint density at radius 2 is 1.61 bits per heavy atom. The molecule has 4 saturated carbocycles. The number of rotatable bonds is 8. The molecule has 4 fully saturated rings. The zero-order chi connectivity index (χ0) is 16.5. The van der Waals surface area contributed by atoms with E-state index in [9.17, 15) is 13.2 Å². The Hall–Kier alpha value is -0.580. The smallest absolute Gasteiger partial charge is 0.235 e. The van der Waals surface area contributed by atoms with E-state index in [0.29, 0.717) is 13.0 Å². The minimum atomic E-state index is -3.24. The summed E-state index contributed by atoms with van der Waals surface area (Å²) >= 11 is 0. The van der Waals surface area contributed by atoms with E-state index in [1.54, 1.807) is 0 Å². The van der Waals surface area contributed by atoms with E-state index in [-0.39, 0.29) is 22.8 Å². The number of nitrogens with one attached hydrogen (secondary N) is 1. The van der Waals surface area contributed by atoms with Crippen LogP contribution in [0.1, 0.15) is 64.7 Å². The number of hydrogen-bond donors (Lipinski definition) is 1. The van der Waals surface area contributed by atoms with Gasteiger partial charge in [-0.15, -0.1) is 0 Å². The van der Waals surface area contributed by atoms with Crippen molar-refractivity contribution in [2.24, 2.45) is 23.2 Å². The molecule has 0 unspecified atom stereocenters. The molecular weight excluding hydrogens is 310 g/mol. The quantitative estimate of drug-likeness (QED) is 0.691. The number of hydrogen-bond acceptors (Lipinski definition) is 3. The van der Waals surface area contributed by atoms with E-state index >= 15 is 0 Å². The van der Waals surface area contributed by atoms with Gasteiger partial charge in [-0.25, -0.2) is 8.42 Å². The Morgan fingerprint density at radius 1 is 1.04 bits per heavy atom.